The standard InChI is InChI=1S/C15H24N4OS/c1-4-7-17-15-18-13(16-8-6-9-20-5-2)12-10-11(3)21-14(12)19-15/h10H,4-9H2,1-3H3,(H2,16,17,18,19). The van der Waals surface area contributed by atoms with Crippen LogP contribution in [0.5, 0.6) is 0 Å². The number of nitrogens with one attached hydrogen (secondary N) is 2. The van der Waals surface area contributed by atoms with Crippen LogP contribution in [0.25, 0.3) is 10.2 Å². The van der Waals surface area contributed by atoms with Crippen LogP contribution in [0.1, 0.15) is 31.6 Å². The molecule has 2 rings (SSSR count). The second kappa shape index (κ2) is 8.14. The van der Waals surface area contributed by atoms with Crippen LogP contribution >= 0.6 is 11.3 Å². The molecular formula is C15H24N4OS. The summed E-state index contributed by atoms with van der Waals surface area (Å²) in [7, 11) is 0. The number of aromatic nitrogens is 2. The first-order chi connectivity index (χ1) is 10.2. The first kappa shape index (κ1) is 16.0. The maximum atomic E-state index is 5.36. The molecule has 2 heterocycles. The van der Waals surface area contributed by atoms with Crippen LogP contribution in [0.2, 0.25) is 0 Å². The Morgan fingerprint density at radius 1 is 1.19 bits per heavy atom. The van der Waals surface area contributed by atoms with E-state index < -0.39 is 0 Å². The molecule has 6 heteroatoms. The van der Waals surface area contributed by atoms with E-state index in [1.807, 2.05) is 6.92 Å². The van der Waals surface area contributed by atoms with Gasteiger partial charge in [0.05, 0.1) is 5.39 Å². The lowest BCUT2D eigenvalue weighted by molar-refractivity contribution is 0.147. The highest BCUT2D eigenvalue weighted by atomic mass is 32.1. The monoisotopic (exact) mass is 308 g/mol. The Kier molecular flexibility index (Phi) is 6.20. The Morgan fingerprint density at radius 3 is 2.81 bits per heavy atom. The predicted molar refractivity (Wildman–Crippen MR) is 90.5 cm³/mol. The molecule has 21 heavy (non-hydrogen) atoms. The van der Waals surface area contributed by atoms with Gasteiger partial charge in [-0.15, -0.1) is 11.3 Å². The molecular weight excluding hydrogens is 284 g/mol. The summed E-state index contributed by atoms with van der Waals surface area (Å²) in [5.41, 5.74) is 0. The molecule has 0 aliphatic carbocycles. The van der Waals surface area contributed by atoms with Crippen molar-refractivity contribution in [3.63, 3.8) is 0 Å². The number of aryl methyl sites for hydroxylation is 1. The number of thiophene rings is 1. The molecule has 0 saturated carbocycles. The number of fused-ring (bicyclic) bond motifs is 1. The average molecular weight is 308 g/mol. The molecule has 0 atom stereocenters. The van der Waals surface area contributed by atoms with Gasteiger partial charge in [0.1, 0.15) is 10.6 Å². The third kappa shape index (κ3) is 4.54. The van der Waals surface area contributed by atoms with E-state index in [0.717, 1.165) is 55.2 Å². The number of hydrogen-bond donors (Lipinski definition) is 2. The summed E-state index contributed by atoms with van der Waals surface area (Å²) in [4.78, 5) is 11.5. The molecule has 0 amide bonds. The highest BCUT2D eigenvalue weighted by Crippen LogP contribution is 2.29. The Bertz CT molecular complexity index is 570. The first-order valence-electron chi connectivity index (χ1n) is 7.58. The lowest BCUT2D eigenvalue weighted by Crippen LogP contribution is -2.10. The fraction of sp³-hybridized carbons (Fsp3) is 0.600. The van der Waals surface area contributed by atoms with Gasteiger partial charge < -0.3 is 15.4 Å². The summed E-state index contributed by atoms with van der Waals surface area (Å²) >= 11 is 1.71. The van der Waals surface area contributed by atoms with Gasteiger partial charge in [0, 0.05) is 31.2 Å². The molecule has 2 aromatic heterocycles. The Morgan fingerprint density at radius 2 is 2.05 bits per heavy atom. The van der Waals surface area contributed by atoms with Crippen LogP contribution in [0.3, 0.4) is 0 Å². The van der Waals surface area contributed by atoms with Crippen molar-refractivity contribution in [1.29, 1.82) is 0 Å². The summed E-state index contributed by atoms with van der Waals surface area (Å²) in [6.45, 7) is 9.54. The molecule has 0 aliphatic heterocycles. The molecule has 0 radical (unpaired) electrons. The zero-order valence-electron chi connectivity index (χ0n) is 13.0. The highest BCUT2D eigenvalue weighted by molar-refractivity contribution is 7.18. The van der Waals surface area contributed by atoms with E-state index in [1.54, 1.807) is 11.3 Å². The minimum atomic E-state index is 0.707. The van der Waals surface area contributed by atoms with Gasteiger partial charge in [-0.1, -0.05) is 6.92 Å². The van der Waals surface area contributed by atoms with Crippen LogP contribution in [-0.2, 0) is 4.74 Å². The molecule has 0 bridgehead atoms. The smallest absolute Gasteiger partial charge is 0.226 e. The molecule has 0 aliphatic rings. The molecule has 2 N–H and O–H groups in total. The van der Waals surface area contributed by atoms with E-state index in [0.29, 0.717) is 5.95 Å². The maximum absolute atomic E-state index is 5.36. The third-order valence-corrected chi connectivity index (χ3v) is 3.96. The fourth-order valence-electron chi connectivity index (χ4n) is 2.02. The van der Waals surface area contributed by atoms with E-state index in [2.05, 4.69) is 40.5 Å². The maximum Gasteiger partial charge on any atom is 0.226 e. The van der Waals surface area contributed by atoms with E-state index >= 15 is 0 Å². The molecule has 5 nitrogen and oxygen atoms in total. The predicted octanol–water partition coefficient (Wildman–Crippen LogP) is 3.66. The van der Waals surface area contributed by atoms with E-state index in [-0.39, 0.29) is 0 Å². The summed E-state index contributed by atoms with van der Waals surface area (Å²) in [6, 6.07) is 2.15. The molecule has 0 saturated heterocycles. The first-order valence-corrected chi connectivity index (χ1v) is 8.40. The summed E-state index contributed by atoms with van der Waals surface area (Å²) in [5, 5.41) is 7.79. The topological polar surface area (TPSA) is 59.1 Å². The number of hydrogen-bond acceptors (Lipinski definition) is 6. The van der Waals surface area contributed by atoms with Gasteiger partial charge in [-0.2, -0.15) is 4.98 Å². The van der Waals surface area contributed by atoms with Gasteiger partial charge in [0.25, 0.3) is 0 Å². The highest BCUT2D eigenvalue weighted by Gasteiger charge is 2.10. The quantitative estimate of drug-likeness (QED) is 0.692. The van der Waals surface area contributed by atoms with Crippen LogP contribution in [0.4, 0.5) is 11.8 Å². The second-order valence-electron chi connectivity index (χ2n) is 4.88. The van der Waals surface area contributed by atoms with Gasteiger partial charge >= 0.3 is 0 Å². The van der Waals surface area contributed by atoms with Crippen molar-refractivity contribution in [3.05, 3.63) is 10.9 Å². The fourth-order valence-corrected chi connectivity index (χ4v) is 2.90. The molecule has 0 spiro atoms. The number of ether oxygens (including phenoxy) is 1. The van der Waals surface area contributed by atoms with Gasteiger partial charge in [-0.3, -0.25) is 0 Å². The summed E-state index contributed by atoms with van der Waals surface area (Å²) in [6.07, 6.45) is 2.03. The zero-order valence-corrected chi connectivity index (χ0v) is 13.8. The summed E-state index contributed by atoms with van der Waals surface area (Å²) in [5.74, 6) is 1.62. The Hall–Kier alpha value is -1.40. The van der Waals surface area contributed by atoms with E-state index in [4.69, 9.17) is 4.74 Å². The van der Waals surface area contributed by atoms with E-state index in [9.17, 15) is 0 Å². The van der Waals surface area contributed by atoms with Crippen molar-refractivity contribution in [1.82, 2.24) is 9.97 Å². The van der Waals surface area contributed by atoms with Crippen molar-refractivity contribution in [2.75, 3.05) is 36.9 Å². The van der Waals surface area contributed by atoms with Crippen molar-refractivity contribution in [2.24, 2.45) is 0 Å². The molecule has 0 unspecified atom stereocenters. The lowest BCUT2D eigenvalue weighted by Gasteiger charge is -2.09. The summed E-state index contributed by atoms with van der Waals surface area (Å²) < 4.78 is 5.36. The van der Waals surface area contributed by atoms with Gasteiger partial charge in [-0.05, 0) is 32.8 Å². The van der Waals surface area contributed by atoms with Crippen LogP contribution in [-0.4, -0.2) is 36.3 Å². The lowest BCUT2D eigenvalue weighted by atomic mass is 10.3. The average Bonchev–Trinajstić information content (AvgIpc) is 2.85. The molecule has 0 aromatic carbocycles. The van der Waals surface area contributed by atoms with Crippen LogP contribution < -0.4 is 10.6 Å². The SMILES string of the molecule is CCCNc1nc(NCCCOCC)c2cc(C)sc2n1. The Balaban J connectivity index is 2.10. The van der Waals surface area contributed by atoms with Crippen molar-refractivity contribution in [2.45, 2.75) is 33.6 Å². The minimum absolute atomic E-state index is 0.707. The Labute approximate surface area is 130 Å². The third-order valence-electron chi connectivity index (χ3n) is 3.01. The van der Waals surface area contributed by atoms with Crippen molar-refractivity contribution < 1.29 is 4.74 Å². The number of rotatable bonds is 9. The number of anilines is 2. The van der Waals surface area contributed by atoms with Gasteiger partial charge in [0.2, 0.25) is 5.95 Å². The molecule has 2 aromatic rings. The molecule has 116 valence electrons. The van der Waals surface area contributed by atoms with Gasteiger partial charge in [0.15, 0.2) is 0 Å². The second-order valence-corrected chi connectivity index (χ2v) is 6.11. The number of nitrogens with zero attached hydrogens (tertiary/aromatic N) is 2. The largest absolute Gasteiger partial charge is 0.382 e. The van der Waals surface area contributed by atoms with Crippen molar-refractivity contribution in [3.8, 4) is 0 Å². The van der Waals surface area contributed by atoms with E-state index in [1.165, 1.54) is 4.88 Å². The normalized spacial score (nSPS) is 11.0. The van der Waals surface area contributed by atoms with Crippen molar-refractivity contribution >= 4 is 33.3 Å². The van der Waals surface area contributed by atoms with Crippen LogP contribution in [0.15, 0.2) is 6.07 Å². The van der Waals surface area contributed by atoms with Gasteiger partial charge in [-0.25, -0.2) is 4.98 Å². The minimum Gasteiger partial charge on any atom is -0.382 e. The zero-order chi connectivity index (χ0) is 15.1. The van der Waals surface area contributed by atoms with Crippen LogP contribution in [0, 0.1) is 6.92 Å². The molecule has 0 fully saturated rings.